The maximum Gasteiger partial charge on any atom is 0.242 e. The number of nitrogens with zero attached hydrogens (tertiary/aromatic N) is 4. The molecule has 0 amide bonds. The fraction of sp³-hybridized carbons (Fsp3) is 0.133. The van der Waals surface area contributed by atoms with Crippen LogP contribution >= 0.6 is 0 Å². The van der Waals surface area contributed by atoms with E-state index in [0.29, 0.717) is 24.6 Å². The summed E-state index contributed by atoms with van der Waals surface area (Å²) in [6, 6.07) is 13.2. The van der Waals surface area contributed by atoms with Gasteiger partial charge in [-0.3, -0.25) is 0 Å². The Bertz CT molecular complexity index is 737. The van der Waals surface area contributed by atoms with Crippen LogP contribution in [-0.2, 0) is 13.1 Å². The van der Waals surface area contributed by atoms with Gasteiger partial charge in [-0.05, 0) is 29.8 Å². The molecular weight excluding hydrogens is 266 g/mol. The van der Waals surface area contributed by atoms with Crippen LogP contribution in [0.5, 0.6) is 0 Å². The predicted octanol–water partition coefficient (Wildman–Crippen LogP) is 2.40. The van der Waals surface area contributed by atoms with Gasteiger partial charge < -0.3 is 9.73 Å². The Morgan fingerprint density at radius 3 is 2.81 bits per heavy atom. The van der Waals surface area contributed by atoms with Crippen LogP contribution in [0.4, 0.5) is 5.95 Å². The number of hydrogen-bond acceptors (Lipinski definition) is 5. The summed E-state index contributed by atoms with van der Waals surface area (Å²) in [6.45, 7) is 1.16. The number of hydrogen-bond donors (Lipinski definition) is 1. The first-order valence-corrected chi connectivity index (χ1v) is 6.48. The highest BCUT2D eigenvalue weighted by atomic mass is 16.3. The van der Waals surface area contributed by atoms with Gasteiger partial charge in [-0.1, -0.05) is 12.1 Å². The van der Waals surface area contributed by atoms with Crippen LogP contribution in [0.1, 0.15) is 16.9 Å². The Hall–Kier alpha value is -3.07. The van der Waals surface area contributed by atoms with Crippen molar-refractivity contribution in [3.63, 3.8) is 0 Å². The lowest BCUT2D eigenvalue weighted by atomic mass is 10.1. The van der Waals surface area contributed by atoms with E-state index in [1.165, 1.54) is 0 Å². The Morgan fingerprint density at radius 1 is 1.24 bits per heavy atom. The zero-order chi connectivity index (χ0) is 14.5. The smallest absolute Gasteiger partial charge is 0.242 e. The van der Waals surface area contributed by atoms with Crippen molar-refractivity contribution in [2.24, 2.45) is 0 Å². The summed E-state index contributed by atoms with van der Waals surface area (Å²) >= 11 is 0. The Morgan fingerprint density at radius 2 is 2.10 bits per heavy atom. The highest BCUT2D eigenvalue weighted by molar-refractivity contribution is 5.31. The molecule has 1 aromatic carbocycles. The van der Waals surface area contributed by atoms with E-state index in [4.69, 9.17) is 9.68 Å². The molecule has 21 heavy (non-hydrogen) atoms. The average Bonchev–Trinajstić information content (AvgIpc) is 3.17. The molecule has 3 aromatic rings. The number of anilines is 1. The highest BCUT2D eigenvalue weighted by Gasteiger charge is 2.03. The SMILES string of the molecule is N#Cc1ccc(Cn2cnc(NCc3ccco3)n2)cc1. The molecule has 1 N–H and O–H groups in total. The second-order valence-corrected chi connectivity index (χ2v) is 4.51. The van der Waals surface area contributed by atoms with Crippen LogP contribution in [0.3, 0.4) is 0 Å². The average molecular weight is 279 g/mol. The molecule has 6 nitrogen and oxygen atoms in total. The number of nitriles is 1. The van der Waals surface area contributed by atoms with E-state index in [0.717, 1.165) is 11.3 Å². The third-order valence-corrected chi connectivity index (χ3v) is 2.96. The molecule has 0 aliphatic carbocycles. The van der Waals surface area contributed by atoms with Gasteiger partial charge in [0, 0.05) is 0 Å². The molecule has 0 fully saturated rings. The van der Waals surface area contributed by atoms with Crippen molar-refractivity contribution < 1.29 is 4.42 Å². The van der Waals surface area contributed by atoms with Gasteiger partial charge >= 0.3 is 0 Å². The first kappa shape index (κ1) is 12.9. The molecule has 0 aliphatic heterocycles. The van der Waals surface area contributed by atoms with Crippen molar-refractivity contribution in [2.75, 3.05) is 5.32 Å². The summed E-state index contributed by atoms with van der Waals surface area (Å²) in [5.41, 5.74) is 1.72. The highest BCUT2D eigenvalue weighted by Crippen LogP contribution is 2.07. The summed E-state index contributed by atoms with van der Waals surface area (Å²) in [7, 11) is 0. The van der Waals surface area contributed by atoms with Gasteiger partial charge in [-0.15, -0.1) is 5.10 Å². The molecule has 0 atom stereocenters. The first-order chi connectivity index (χ1) is 10.3. The van der Waals surface area contributed by atoms with Gasteiger partial charge in [-0.25, -0.2) is 9.67 Å². The topological polar surface area (TPSA) is 79.7 Å². The van der Waals surface area contributed by atoms with Crippen molar-refractivity contribution in [3.8, 4) is 6.07 Å². The number of benzene rings is 1. The molecule has 0 saturated heterocycles. The fourth-order valence-electron chi connectivity index (χ4n) is 1.90. The number of aromatic nitrogens is 3. The molecule has 2 heterocycles. The lowest BCUT2D eigenvalue weighted by Crippen LogP contribution is -2.03. The summed E-state index contributed by atoms with van der Waals surface area (Å²) in [5, 5.41) is 16.2. The molecule has 104 valence electrons. The van der Waals surface area contributed by atoms with Crippen LogP contribution in [0.15, 0.2) is 53.4 Å². The second kappa shape index (κ2) is 5.92. The lowest BCUT2D eigenvalue weighted by Gasteiger charge is -2.01. The van der Waals surface area contributed by atoms with Crippen molar-refractivity contribution in [3.05, 3.63) is 65.9 Å². The summed E-state index contributed by atoms with van der Waals surface area (Å²) in [5.74, 6) is 1.39. The first-order valence-electron chi connectivity index (χ1n) is 6.48. The predicted molar refractivity (Wildman–Crippen MR) is 76.3 cm³/mol. The molecule has 0 radical (unpaired) electrons. The summed E-state index contributed by atoms with van der Waals surface area (Å²) in [6.07, 6.45) is 3.30. The monoisotopic (exact) mass is 279 g/mol. The van der Waals surface area contributed by atoms with Crippen LogP contribution in [0.2, 0.25) is 0 Å². The largest absolute Gasteiger partial charge is 0.467 e. The van der Waals surface area contributed by atoms with E-state index in [1.54, 1.807) is 29.4 Å². The zero-order valence-electron chi connectivity index (χ0n) is 11.2. The standard InChI is InChI=1S/C15H13N5O/c16-8-12-3-5-13(6-4-12)10-20-11-18-15(19-20)17-9-14-2-1-7-21-14/h1-7,11H,9-10H2,(H,17,19). The van der Waals surface area contributed by atoms with Crippen molar-refractivity contribution >= 4 is 5.95 Å². The van der Waals surface area contributed by atoms with E-state index in [1.807, 2.05) is 24.3 Å². The fourth-order valence-corrected chi connectivity index (χ4v) is 1.90. The molecule has 0 spiro atoms. The summed E-state index contributed by atoms with van der Waals surface area (Å²) < 4.78 is 6.97. The minimum absolute atomic E-state index is 0.549. The van der Waals surface area contributed by atoms with E-state index in [-0.39, 0.29) is 0 Å². The van der Waals surface area contributed by atoms with Gasteiger partial charge in [0.1, 0.15) is 12.1 Å². The molecule has 0 aliphatic rings. The second-order valence-electron chi connectivity index (χ2n) is 4.51. The Balaban J connectivity index is 1.60. The quantitative estimate of drug-likeness (QED) is 0.775. The van der Waals surface area contributed by atoms with E-state index in [2.05, 4.69) is 21.5 Å². The molecule has 0 saturated carbocycles. The van der Waals surface area contributed by atoms with Crippen LogP contribution in [0, 0.1) is 11.3 Å². The summed E-state index contributed by atoms with van der Waals surface area (Å²) in [4.78, 5) is 4.19. The minimum atomic E-state index is 0.549. The molecule has 0 bridgehead atoms. The van der Waals surface area contributed by atoms with Crippen LogP contribution in [-0.4, -0.2) is 14.8 Å². The third kappa shape index (κ3) is 3.28. The molecule has 0 unspecified atom stereocenters. The van der Waals surface area contributed by atoms with Gasteiger partial charge in [0.15, 0.2) is 0 Å². The Labute approximate surface area is 121 Å². The normalized spacial score (nSPS) is 10.2. The third-order valence-electron chi connectivity index (χ3n) is 2.96. The maximum atomic E-state index is 8.77. The van der Waals surface area contributed by atoms with Crippen molar-refractivity contribution in [2.45, 2.75) is 13.1 Å². The van der Waals surface area contributed by atoms with Crippen molar-refractivity contribution in [1.82, 2.24) is 14.8 Å². The maximum absolute atomic E-state index is 8.77. The van der Waals surface area contributed by atoms with Gasteiger partial charge in [0.2, 0.25) is 5.95 Å². The lowest BCUT2D eigenvalue weighted by molar-refractivity contribution is 0.517. The molecule has 3 rings (SSSR count). The number of rotatable bonds is 5. The zero-order valence-corrected chi connectivity index (χ0v) is 11.2. The van der Waals surface area contributed by atoms with E-state index >= 15 is 0 Å². The molecular formula is C15H13N5O. The number of nitrogens with one attached hydrogen (secondary N) is 1. The van der Waals surface area contributed by atoms with Crippen molar-refractivity contribution in [1.29, 1.82) is 5.26 Å². The van der Waals surface area contributed by atoms with Crippen LogP contribution in [0.25, 0.3) is 0 Å². The number of furan rings is 1. The van der Waals surface area contributed by atoms with Gasteiger partial charge in [0.25, 0.3) is 0 Å². The molecule has 6 heteroatoms. The van der Waals surface area contributed by atoms with Gasteiger partial charge in [0.05, 0.1) is 31.0 Å². The van der Waals surface area contributed by atoms with E-state index in [9.17, 15) is 0 Å². The molecule has 2 aromatic heterocycles. The van der Waals surface area contributed by atoms with E-state index < -0.39 is 0 Å². The van der Waals surface area contributed by atoms with Gasteiger partial charge in [-0.2, -0.15) is 5.26 Å². The minimum Gasteiger partial charge on any atom is -0.467 e. The van der Waals surface area contributed by atoms with Crippen LogP contribution < -0.4 is 5.32 Å². The Kier molecular flexibility index (Phi) is 3.65.